The lowest BCUT2D eigenvalue weighted by Crippen LogP contribution is -2.45. The maximum absolute atomic E-state index is 2.62. The van der Waals surface area contributed by atoms with Crippen LogP contribution >= 0.6 is 0 Å². The van der Waals surface area contributed by atoms with Crippen LogP contribution in [0.1, 0.15) is 54.4 Å². The van der Waals surface area contributed by atoms with E-state index >= 15 is 0 Å². The highest BCUT2D eigenvalue weighted by Crippen LogP contribution is 2.20. The zero-order valence-corrected chi connectivity index (χ0v) is 11.5. The fraction of sp³-hybridized carbons (Fsp3) is 0.857. The first-order chi connectivity index (χ1) is 6.94. The minimum atomic E-state index is 0.339. The third kappa shape index (κ3) is 5.99. The predicted octanol–water partition coefficient (Wildman–Crippen LogP) is 4.10. The Morgan fingerprint density at radius 1 is 1.27 bits per heavy atom. The Morgan fingerprint density at radius 2 is 1.87 bits per heavy atom. The summed E-state index contributed by atoms with van der Waals surface area (Å²) in [4.78, 5) is 2.62. The number of nitrogens with zero attached hydrogens (tertiary/aromatic N) is 1. The van der Waals surface area contributed by atoms with Crippen LogP contribution in [0.2, 0.25) is 0 Å². The van der Waals surface area contributed by atoms with E-state index < -0.39 is 0 Å². The Hall–Kier alpha value is -0.300. The molecule has 1 heteroatoms. The molecule has 0 radical (unpaired) electrons. The number of hydrogen-bond donors (Lipinski definition) is 0. The molecular weight excluding hydrogens is 182 g/mol. The Bertz CT molecular complexity index is 180. The van der Waals surface area contributed by atoms with Crippen LogP contribution in [-0.4, -0.2) is 23.5 Å². The molecule has 0 fully saturated rings. The Morgan fingerprint density at radius 3 is 2.27 bits per heavy atom. The van der Waals surface area contributed by atoms with E-state index in [1.54, 1.807) is 0 Å². The van der Waals surface area contributed by atoms with Gasteiger partial charge in [-0.1, -0.05) is 32.9 Å². The highest BCUT2D eigenvalue weighted by atomic mass is 15.2. The van der Waals surface area contributed by atoms with E-state index in [1.165, 1.54) is 25.9 Å². The van der Waals surface area contributed by atoms with Crippen LogP contribution in [0.15, 0.2) is 12.2 Å². The zero-order valence-electron chi connectivity index (χ0n) is 11.5. The molecule has 90 valence electrons. The Labute approximate surface area is 96.6 Å². The van der Waals surface area contributed by atoms with E-state index in [0.717, 1.165) is 5.92 Å². The van der Waals surface area contributed by atoms with Crippen molar-refractivity contribution in [1.82, 2.24) is 4.90 Å². The average Bonchev–Trinajstić information content (AvgIpc) is 2.16. The van der Waals surface area contributed by atoms with Crippen molar-refractivity contribution in [3.05, 3.63) is 12.2 Å². The van der Waals surface area contributed by atoms with Crippen LogP contribution in [0.25, 0.3) is 0 Å². The maximum atomic E-state index is 2.62. The van der Waals surface area contributed by atoms with Gasteiger partial charge in [0.05, 0.1) is 0 Å². The van der Waals surface area contributed by atoms with E-state index in [1.807, 2.05) is 0 Å². The highest BCUT2D eigenvalue weighted by molar-refractivity contribution is 4.84. The fourth-order valence-electron chi connectivity index (χ4n) is 1.70. The van der Waals surface area contributed by atoms with Gasteiger partial charge in [-0.2, -0.15) is 0 Å². The van der Waals surface area contributed by atoms with E-state index in [2.05, 4.69) is 58.6 Å². The van der Waals surface area contributed by atoms with Crippen LogP contribution in [0.4, 0.5) is 0 Å². The molecule has 1 nitrogen and oxygen atoms in total. The van der Waals surface area contributed by atoms with Gasteiger partial charge in [-0.25, -0.2) is 0 Å². The van der Waals surface area contributed by atoms with Crippen molar-refractivity contribution in [3.63, 3.8) is 0 Å². The number of allylic oxidation sites excluding steroid dienone is 1. The minimum Gasteiger partial charge on any atom is -0.298 e. The summed E-state index contributed by atoms with van der Waals surface area (Å²) in [5.74, 6) is 0.751. The monoisotopic (exact) mass is 211 g/mol. The van der Waals surface area contributed by atoms with Crippen LogP contribution in [0.3, 0.4) is 0 Å². The van der Waals surface area contributed by atoms with Gasteiger partial charge in [0.15, 0.2) is 0 Å². The molecule has 15 heavy (non-hydrogen) atoms. The van der Waals surface area contributed by atoms with E-state index in [0.29, 0.717) is 5.54 Å². The largest absolute Gasteiger partial charge is 0.298 e. The van der Waals surface area contributed by atoms with E-state index in [-0.39, 0.29) is 0 Å². The second kappa shape index (κ2) is 7.05. The van der Waals surface area contributed by atoms with Gasteiger partial charge in [0.25, 0.3) is 0 Å². The van der Waals surface area contributed by atoms with Crippen LogP contribution in [0, 0.1) is 5.92 Å². The zero-order chi connectivity index (χ0) is 11.9. The van der Waals surface area contributed by atoms with Crippen molar-refractivity contribution in [2.75, 3.05) is 13.1 Å². The summed E-state index contributed by atoms with van der Waals surface area (Å²) in [6.07, 6.45) is 6.80. The average molecular weight is 211 g/mol. The van der Waals surface area contributed by atoms with Gasteiger partial charge in [0.2, 0.25) is 0 Å². The molecule has 0 saturated carbocycles. The van der Waals surface area contributed by atoms with E-state index in [9.17, 15) is 0 Å². The van der Waals surface area contributed by atoms with Crippen molar-refractivity contribution in [2.24, 2.45) is 5.92 Å². The van der Waals surface area contributed by atoms with Crippen molar-refractivity contribution >= 4 is 0 Å². The van der Waals surface area contributed by atoms with Crippen LogP contribution < -0.4 is 0 Å². The molecular formula is C14H29N. The summed E-state index contributed by atoms with van der Waals surface area (Å²) in [6.45, 7) is 16.1. The number of rotatable bonds is 7. The Kier molecular flexibility index (Phi) is 6.91. The lowest BCUT2D eigenvalue weighted by Gasteiger charge is -2.39. The quantitative estimate of drug-likeness (QED) is 0.573. The molecule has 0 rings (SSSR count). The van der Waals surface area contributed by atoms with Gasteiger partial charge in [-0.3, -0.25) is 4.90 Å². The molecule has 0 aromatic carbocycles. The molecule has 0 aliphatic heterocycles. The standard InChI is InChI=1S/C14H29N/c1-7-9-10-11-15(12-13(3)4)14(5,6)8-2/h7,9,13H,8,10-12H2,1-6H3. The molecule has 0 atom stereocenters. The predicted molar refractivity (Wildman–Crippen MR) is 70.2 cm³/mol. The molecule has 0 bridgehead atoms. The summed E-state index contributed by atoms with van der Waals surface area (Å²) in [5, 5.41) is 0. The molecule has 0 amide bonds. The summed E-state index contributed by atoms with van der Waals surface area (Å²) >= 11 is 0. The van der Waals surface area contributed by atoms with E-state index in [4.69, 9.17) is 0 Å². The van der Waals surface area contributed by atoms with Gasteiger partial charge in [-0.15, -0.1) is 0 Å². The molecule has 0 aromatic rings. The molecule has 0 N–H and O–H groups in total. The van der Waals surface area contributed by atoms with Crippen LogP contribution in [-0.2, 0) is 0 Å². The first kappa shape index (κ1) is 14.7. The molecule has 0 aromatic heterocycles. The first-order valence-corrected chi connectivity index (χ1v) is 6.30. The van der Waals surface area contributed by atoms with Crippen molar-refractivity contribution in [1.29, 1.82) is 0 Å². The summed E-state index contributed by atoms with van der Waals surface area (Å²) in [6, 6.07) is 0. The first-order valence-electron chi connectivity index (χ1n) is 6.30. The van der Waals surface area contributed by atoms with Gasteiger partial charge in [0, 0.05) is 18.6 Å². The molecule has 0 spiro atoms. The number of hydrogen-bond acceptors (Lipinski definition) is 1. The van der Waals surface area contributed by atoms with Crippen molar-refractivity contribution < 1.29 is 0 Å². The molecule has 0 aliphatic rings. The summed E-state index contributed by atoms with van der Waals surface area (Å²) in [7, 11) is 0. The van der Waals surface area contributed by atoms with Crippen molar-refractivity contribution in [2.45, 2.75) is 59.9 Å². The van der Waals surface area contributed by atoms with Crippen LogP contribution in [0.5, 0.6) is 0 Å². The third-order valence-corrected chi connectivity index (χ3v) is 3.11. The van der Waals surface area contributed by atoms with Gasteiger partial charge >= 0.3 is 0 Å². The second-order valence-corrected chi connectivity index (χ2v) is 5.36. The Balaban J connectivity index is 4.30. The third-order valence-electron chi connectivity index (χ3n) is 3.11. The smallest absolute Gasteiger partial charge is 0.0150 e. The molecule has 0 heterocycles. The van der Waals surface area contributed by atoms with Gasteiger partial charge in [-0.05, 0) is 39.5 Å². The summed E-state index contributed by atoms with van der Waals surface area (Å²) < 4.78 is 0. The fourth-order valence-corrected chi connectivity index (χ4v) is 1.70. The molecule has 0 aliphatic carbocycles. The normalized spacial score (nSPS) is 13.3. The minimum absolute atomic E-state index is 0.339. The molecule has 0 saturated heterocycles. The van der Waals surface area contributed by atoms with Gasteiger partial charge in [0.1, 0.15) is 0 Å². The highest BCUT2D eigenvalue weighted by Gasteiger charge is 2.24. The molecule has 0 unspecified atom stereocenters. The van der Waals surface area contributed by atoms with Crippen molar-refractivity contribution in [3.8, 4) is 0 Å². The summed E-state index contributed by atoms with van der Waals surface area (Å²) in [5.41, 5.74) is 0.339. The second-order valence-electron chi connectivity index (χ2n) is 5.36. The SMILES string of the molecule is CC=CCCN(CC(C)C)C(C)(C)CC. The van der Waals surface area contributed by atoms with Gasteiger partial charge < -0.3 is 0 Å². The lowest BCUT2D eigenvalue weighted by atomic mass is 9.97. The maximum Gasteiger partial charge on any atom is 0.0150 e. The topological polar surface area (TPSA) is 3.24 Å². The lowest BCUT2D eigenvalue weighted by molar-refractivity contribution is 0.103.